The van der Waals surface area contributed by atoms with Crippen molar-refractivity contribution < 1.29 is 9.47 Å². The number of aromatic nitrogens is 1. The van der Waals surface area contributed by atoms with Gasteiger partial charge in [0.25, 0.3) is 0 Å². The molecule has 0 fully saturated rings. The standard InChI is InChI=1S/C20H21NO2/c1-4-7-16-19(22-2)13-11-15(20(16)23-3)18-12-10-14-8-5-6-9-17(14)21-18/h5-6,8-13H,4,7H2,1-3H3. The van der Waals surface area contributed by atoms with Gasteiger partial charge in [0, 0.05) is 16.5 Å². The number of ether oxygens (including phenoxy) is 2. The van der Waals surface area contributed by atoms with Crippen molar-refractivity contribution in [1.82, 2.24) is 4.98 Å². The molecule has 1 heterocycles. The second-order valence-electron chi connectivity index (χ2n) is 5.47. The van der Waals surface area contributed by atoms with E-state index in [9.17, 15) is 0 Å². The molecule has 0 aliphatic heterocycles. The highest BCUT2D eigenvalue weighted by Crippen LogP contribution is 2.38. The van der Waals surface area contributed by atoms with Crippen LogP contribution < -0.4 is 9.47 Å². The Morgan fingerprint density at radius 2 is 1.74 bits per heavy atom. The van der Waals surface area contributed by atoms with Crippen LogP contribution in [0, 0.1) is 0 Å². The largest absolute Gasteiger partial charge is 0.496 e. The Morgan fingerprint density at radius 3 is 2.48 bits per heavy atom. The van der Waals surface area contributed by atoms with Gasteiger partial charge in [-0.15, -0.1) is 0 Å². The molecule has 0 saturated carbocycles. The number of rotatable bonds is 5. The third-order valence-electron chi connectivity index (χ3n) is 4.02. The minimum Gasteiger partial charge on any atom is -0.496 e. The first kappa shape index (κ1) is 15.3. The van der Waals surface area contributed by atoms with Gasteiger partial charge in [0.05, 0.1) is 25.4 Å². The lowest BCUT2D eigenvalue weighted by molar-refractivity contribution is 0.386. The molecule has 0 spiro atoms. The molecule has 2 aromatic carbocycles. The quantitative estimate of drug-likeness (QED) is 0.674. The summed E-state index contributed by atoms with van der Waals surface area (Å²) in [6.07, 6.45) is 1.94. The van der Waals surface area contributed by atoms with Crippen LogP contribution in [0.25, 0.3) is 22.2 Å². The van der Waals surface area contributed by atoms with E-state index in [2.05, 4.69) is 19.1 Å². The molecule has 3 rings (SSSR count). The molecule has 0 atom stereocenters. The van der Waals surface area contributed by atoms with E-state index in [-0.39, 0.29) is 0 Å². The summed E-state index contributed by atoms with van der Waals surface area (Å²) in [4.78, 5) is 4.79. The first-order valence-corrected chi connectivity index (χ1v) is 7.88. The number of pyridine rings is 1. The molecular formula is C20H21NO2. The Labute approximate surface area is 136 Å². The van der Waals surface area contributed by atoms with E-state index in [1.165, 1.54) is 0 Å². The number of hydrogen-bond donors (Lipinski definition) is 0. The maximum atomic E-state index is 5.72. The second kappa shape index (κ2) is 6.69. The van der Waals surface area contributed by atoms with Crippen LogP contribution in [-0.4, -0.2) is 19.2 Å². The first-order valence-electron chi connectivity index (χ1n) is 7.88. The molecule has 0 aliphatic carbocycles. The van der Waals surface area contributed by atoms with Crippen LogP contribution in [0.5, 0.6) is 11.5 Å². The van der Waals surface area contributed by atoms with Gasteiger partial charge in [0.1, 0.15) is 11.5 Å². The summed E-state index contributed by atoms with van der Waals surface area (Å²) in [5.74, 6) is 1.72. The molecule has 0 amide bonds. The van der Waals surface area contributed by atoms with Crippen molar-refractivity contribution in [3.8, 4) is 22.8 Å². The summed E-state index contributed by atoms with van der Waals surface area (Å²) in [5.41, 5.74) is 4.01. The summed E-state index contributed by atoms with van der Waals surface area (Å²) < 4.78 is 11.2. The van der Waals surface area contributed by atoms with E-state index in [0.717, 1.165) is 52.1 Å². The second-order valence-corrected chi connectivity index (χ2v) is 5.47. The Hall–Kier alpha value is -2.55. The SMILES string of the molecule is CCCc1c(OC)ccc(-c2ccc3ccccc3n2)c1OC. The molecular weight excluding hydrogens is 286 g/mol. The first-order chi connectivity index (χ1) is 11.3. The molecule has 0 unspecified atom stereocenters. The predicted octanol–water partition coefficient (Wildman–Crippen LogP) is 4.87. The Morgan fingerprint density at radius 1 is 0.913 bits per heavy atom. The predicted molar refractivity (Wildman–Crippen MR) is 94.3 cm³/mol. The summed E-state index contributed by atoms with van der Waals surface area (Å²) >= 11 is 0. The van der Waals surface area contributed by atoms with Crippen molar-refractivity contribution in [3.63, 3.8) is 0 Å². The molecule has 0 bridgehead atoms. The van der Waals surface area contributed by atoms with Crippen molar-refractivity contribution in [2.24, 2.45) is 0 Å². The van der Waals surface area contributed by atoms with E-state index in [1.807, 2.05) is 36.4 Å². The van der Waals surface area contributed by atoms with Gasteiger partial charge in [-0.2, -0.15) is 0 Å². The lowest BCUT2D eigenvalue weighted by Crippen LogP contribution is -1.99. The molecule has 3 heteroatoms. The van der Waals surface area contributed by atoms with Crippen LogP contribution in [0.1, 0.15) is 18.9 Å². The van der Waals surface area contributed by atoms with Gasteiger partial charge >= 0.3 is 0 Å². The smallest absolute Gasteiger partial charge is 0.135 e. The maximum Gasteiger partial charge on any atom is 0.135 e. The van der Waals surface area contributed by atoms with Crippen LogP contribution in [0.4, 0.5) is 0 Å². The highest BCUT2D eigenvalue weighted by Gasteiger charge is 2.16. The monoisotopic (exact) mass is 307 g/mol. The summed E-state index contributed by atoms with van der Waals surface area (Å²) in [6.45, 7) is 2.15. The van der Waals surface area contributed by atoms with Crippen LogP contribution in [0.15, 0.2) is 48.5 Å². The van der Waals surface area contributed by atoms with Crippen molar-refractivity contribution >= 4 is 10.9 Å². The van der Waals surface area contributed by atoms with E-state index in [0.29, 0.717) is 0 Å². The van der Waals surface area contributed by atoms with Gasteiger partial charge in [-0.05, 0) is 30.7 Å². The molecule has 0 radical (unpaired) electrons. The minimum atomic E-state index is 0.856. The number of nitrogens with zero attached hydrogens (tertiary/aromatic N) is 1. The normalized spacial score (nSPS) is 10.7. The number of benzene rings is 2. The zero-order valence-corrected chi connectivity index (χ0v) is 13.8. The molecule has 0 N–H and O–H groups in total. The van der Waals surface area contributed by atoms with Crippen molar-refractivity contribution in [1.29, 1.82) is 0 Å². The zero-order chi connectivity index (χ0) is 16.2. The lowest BCUT2D eigenvalue weighted by Gasteiger charge is -2.16. The highest BCUT2D eigenvalue weighted by molar-refractivity contribution is 5.83. The topological polar surface area (TPSA) is 31.4 Å². The van der Waals surface area contributed by atoms with E-state index in [1.54, 1.807) is 14.2 Å². The molecule has 1 aromatic heterocycles. The van der Waals surface area contributed by atoms with Gasteiger partial charge in [-0.1, -0.05) is 37.6 Å². The van der Waals surface area contributed by atoms with Crippen molar-refractivity contribution in [2.75, 3.05) is 14.2 Å². The summed E-state index contributed by atoms with van der Waals surface area (Å²) in [5, 5.41) is 1.14. The van der Waals surface area contributed by atoms with Crippen LogP contribution in [-0.2, 0) is 6.42 Å². The van der Waals surface area contributed by atoms with Crippen LogP contribution in [0.3, 0.4) is 0 Å². The maximum absolute atomic E-state index is 5.72. The average Bonchev–Trinajstić information content (AvgIpc) is 2.61. The van der Waals surface area contributed by atoms with Crippen molar-refractivity contribution in [2.45, 2.75) is 19.8 Å². The summed E-state index contributed by atoms with van der Waals surface area (Å²) in [6, 6.07) is 16.3. The minimum absolute atomic E-state index is 0.856. The third kappa shape index (κ3) is 2.87. The Kier molecular flexibility index (Phi) is 4.47. The molecule has 3 aromatic rings. The van der Waals surface area contributed by atoms with Gasteiger partial charge in [0.15, 0.2) is 0 Å². The van der Waals surface area contributed by atoms with Gasteiger partial charge < -0.3 is 9.47 Å². The molecule has 0 saturated heterocycles. The van der Waals surface area contributed by atoms with Crippen molar-refractivity contribution in [3.05, 3.63) is 54.1 Å². The van der Waals surface area contributed by atoms with E-state index >= 15 is 0 Å². The lowest BCUT2D eigenvalue weighted by atomic mass is 10.0. The fraction of sp³-hybridized carbons (Fsp3) is 0.250. The number of fused-ring (bicyclic) bond motifs is 1. The zero-order valence-electron chi connectivity index (χ0n) is 13.8. The molecule has 0 aliphatic rings. The Balaban J connectivity index is 2.19. The third-order valence-corrected chi connectivity index (χ3v) is 4.02. The number of hydrogen-bond acceptors (Lipinski definition) is 3. The highest BCUT2D eigenvalue weighted by atomic mass is 16.5. The number of methoxy groups -OCH3 is 2. The molecule has 3 nitrogen and oxygen atoms in total. The number of para-hydroxylation sites is 1. The Bertz CT molecular complexity index is 827. The van der Waals surface area contributed by atoms with E-state index in [4.69, 9.17) is 14.5 Å². The average molecular weight is 307 g/mol. The van der Waals surface area contributed by atoms with Crippen LogP contribution >= 0.6 is 0 Å². The summed E-state index contributed by atoms with van der Waals surface area (Å²) in [7, 11) is 3.40. The van der Waals surface area contributed by atoms with Gasteiger partial charge in [0.2, 0.25) is 0 Å². The van der Waals surface area contributed by atoms with Gasteiger partial charge in [-0.3, -0.25) is 0 Å². The molecule has 118 valence electrons. The van der Waals surface area contributed by atoms with Gasteiger partial charge in [-0.25, -0.2) is 4.98 Å². The van der Waals surface area contributed by atoms with Crippen LogP contribution in [0.2, 0.25) is 0 Å². The van der Waals surface area contributed by atoms with E-state index < -0.39 is 0 Å². The fourth-order valence-corrected chi connectivity index (χ4v) is 2.94. The molecule has 23 heavy (non-hydrogen) atoms. The fourth-order valence-electron chi connectivity index (χ4n) is 2.94.